The van der Waals surface area contributed by atoms with E-state index in [2.05, 4.69) is 27.3 Å². The first-order valence-electron chi connectivity index (χ1n) is 11.5. The Labute approximate surface area is 200 Å². The van der Waals surface area contributed by atoms with E-state index in [1.165, 1.54) is 0 Å². The molecule has 4 rings (SSSR count). The maximum absolute atomic E-state index is 11.5. The molecule has 1 saturated heterocycles. The van der Waals surface area contributed by atoms with Crippen molar-refractivity contribution in [2.45, 2.75) is 31.7 Å². The van der Waals surface area contributed by atoms with Crippen LogP contribution in [0.15, 0.2) is 54.7 Å². The molecule has 1 aliphatic heterocycles. The Balaban J connectivity index is 1.43. The fourth-order valence-corrected chi connectivity index (χ4v) is 4.42. The molecule has 1 aromatic heterocycles. The molecule has 1 atom stereocenters. The molecule has 1 aliphatic rings. The minimum atomic E-state index is -0.257. The number of aromatic nitrogens is 2. The van der Waals surface area contributed by atoms with Crippen LogP contribution >= 0.6 is 0 Å². The molecule has 2 heterocycles. The Morgan fingerprint density at radius 2 is 2.00 bits per heavy atom. The Morgan fingerprint density at radius 3 is 2.79 bits per heavy atom. The second kappa shape index (κ2) is 10.9. The minimum absolute atomic E-state index is 0.159. The van der Waals surface area contributed by atoms with Crippen LogP contribution in [0.4, 0.5) is 11.6 Å². The van der Waals surface area contributed by atoms with E-state index in [0.717, 1.165) is 48.3 Å². The van der Waals surface area contributed by atoms with E-state index < -0.39 is 0 Å². The summed E-state index contributed by atoms with van der Waals surface area (Å²) in [5, 5.41) is 3.31. The van der Waals surface area contributed by atoms with Crippen molar-refractivity contribution in [3.63, 3.8) is 0 Å². The molecular weight excluding hydrogens is 430 g/mol. The zero-order valence-corrected chi connectivity index (χ0v) is 19.7. The third-order valence-electron chi connectivity index (χ3n) is 6.09. The van der Waals surface area contributed by atoms with Crippen molar-refractivity contribution in [2.24, 2.45) is 5.73 Å². The van der Waals surface area contributed by atoms with Gasteiger partial charge in [-0.1, -0.05) is 18.2 Å². The first-order chi connectivity index (χ1) is 16.6. The fraction of sp³-hybridized carbons (Fsp3) is 0.346. The highest BCUT2D eigenvalue weighted by atomic mass is 16.5. The second-order valence-corrected chi connectivity index (χ2v) is 8.34. The van der Waals surface area contributed by atoms with Gasteiger partial charge in [-0.05, 0) is 55.2 Å². The highest BCUT2D eigenvalue weighted by Crippen LogP contribution is 2.31. The molecule has 3 N–H and O–H groups in total. The van der Waals surface area contributed by atoms with E-state index in [4.69, 9.17) is 20.2 Å². The largest absolute Gasteiger partial charge is 0.493 e. The minimum Gasteiger partial charge on any atom is -0.493 e. The number of carbonyl (C=O) groups is 1. The summed E-state index contributed by atoms with van der Waals surface area (Å²) in [5.41, 5.74) is 9.52. The summed E-state index contributed by atoms with van der Waals surface area (Å²) in [4.78, 5) is 22.8. The van der Waals surface area contributed by atoms with Crippen LogP contribution in [0.2, 0.25) is 0 Å². The smallest absolute Gasteiger partial charge is 0.223 e. The highest BCUT2D eigenvalue weighted by Gasteiger charge is 2.26. The number of carbonyl (C=O) groups excluding carboxylic acids is 1. The van der Waals surface area contributed by atoms with Crippen molar-refractivity contribution in [3.8, 4) is 22.8 Å². The first-order valence-corrected chi connectivity index (χ1v) is 11.5. The van der Waals surface area contributed by atoms with Gasteiger partial charge < -0.3 is 25.4 Å². The van der Waals surface area contributed by atoms with Gasteiger partial charge in [-0.2, -0.15) is 0 Å². The maximum Gasteiger partial charge on any atom is 0.223 e. The van der Waals surface area contributed by atoms with E-state index in [0.29, 0.717) is 30.4 Å². The Kier molecular flexibility index (Phi) is 7.47. The molecule has 178 valence electrons. The van der Waals surface area contributed by atoms with E-state index in [9.17, 15) is 4.79 Å². The van der Waals surface area contributed by atoms with Gasteiger partial charge in [-0.3, -0.25) is 4.79 Å². The summed E-state index contributed by atoms with van der Waals surface area (Å²) in [5.74, 6) is 1.75. The van der Waals surface area contributed by atoms with Gasteiger partial charge in [-0.15, -0.1) is 0 Å². The van der Waals surface area contributed by atoms with E-state index in [1.54, 1.807) is 20.4 Å². The Hall–Kier alpha value is -3.81. The summed E-state index contributed by atoms with van der Waals surface area (Å²) in [6.07, 6.45) is 4.98. The molecule has 1 fully saturated rings. The SMILES string of the molecule is COc1ccc(CCNc2nccc(-c3cccc(N4CCCC4CC(N)=O)c3)n2)cc1OC. The van der Waals surface area contributed by atoms with Gasteiger partial charge in [0.05, 0.1) is 19.9 Å². The number of benzene rings is 2. The van der Waals surface area contributed by atoms with Crippen molar-refractivity contribution < 1.29 is 14.3 Å². The number of nitrogens with two attached hydrogens (primary N) is 1. The molecule has 0 spiro atoms. The number of ether oxygens (including phenoxy) is 2. The summed E-state index contributed by atoms with van der Waals surface area (Å²) < 4.78 is 10.7. The number of rotatable bonds is 10. The molecule has 34 heavy (non-hydrogen) atoms. The third kappa shape index (κ3) is 5.57. The standard InChI is InChI=1S/C26H31N5O3/c1-33-23-9-8-18(15-24(23)34-2)10-12-28-26-29-13-11-22(30-26)19-5-3-6-20(16-19)31-14-4-7-21(31)17-25(27)32/h3,5-6,8-9,11,13,15-16,21H,4,7,10,12,14,17H2,1-2H3,(H2,27,32)(H,28,29,30). The average molecular weight is 462 g/mol. The topological polar surface area (TPSA) is 103 Å². The summed E-state index contributed by atoms with van der Waals surface area (Å²) in [6, 6.07) is 16.2. The van der Waals surface area contributed by atoms with Gasteiger partial charge in [0.15, 0.2) is 11.5 Å². The lowest BCUT2D eigenvalue weighted by Crippen LogP contribution is -2.33. The zero-order valence-electron chi connectivity index (χ0n) is 19.7. The lowest BCUT2D eigenvalue weighted by molar-refractivity contribution is -0.118. The molecule has 0 radical (unpaired) electrons. The van der Waals surface area contributed by atoms with Crippen molar-refractivity contribution in [1.82, 2.24) is 9.97 Å². The maximum atomic E-state index is 11.5. The van der Waals surface area contributed by atoms with Crippen LogP contribution in [-0.2, 0) is 11.2 Å². The van der Waals surface area contributed by atoms with Gasteiger partial charge >= 0.3 is 0 Å². The number of hydrogen-bond donors (Lipinski definition) is 2. The van der Waals surface area contributed by atoms with Crippen LogP contribution in [0.5, 0.6) is 11.5 Å². The van der Waals surface area contributed by atoms with Crippen molar-refractivity contribution in [1.29, 1.82) is 0 Å². The Bertz CT molecular complexity index is 1140. The predicted molar refractivity (Wildman–Crippen MR) is 133 cm³/mol. The molecule has 0 bridgehead atoms. The van der Waals surface area contributed by atoms with Gasteiger partial charge in [0.1, 0.15) is 0 Å². The molecule has 8 heteroatoms. The number of nitrogens with one attached hydrogen (secondary N) is 1. The van der Waals surface area contributed by atoms with Crippen molar-refractivity contribution >= 4 is 17.5 Å². The second-order valence-electron chi connectivity index (χ2n) is 8.34. The molecule has 3 aromatic rings. The molecule has 2 aromatic carbocycles. The molecule has 8 nitrogen and oxygen atoms in total. The number of primary amides is 1. The molecule has 0 saturated carbocycles. The summed E-state index contributed by atoms with van der Waals surface area (Å²) in [7, 11) is 3.26. The van der Waals surface area contributed by atoms with Crippen LogP contribution in [0.1, 0.15) is 24.8 Å². The molecule has 0 aliphatic carbocycles. The van der Waals surface area contributed by atoms with Crippen LogP contribution in [0.25, 0.3) is 11.3 Å². The number of methoxy groups -OCH3 is 2. The normalized spacial score (nSPS) is 15.2. The van der Waals surface area contributed by atoms with E-state index in [1.807, 2.05) is 36.4 Å². The molecule has 1 unspecified atom stereocenters. The van der Waals surface area contributed by atoms with Crippen LogP contribution in [0, 0.1) is 0 Å². The van der Waals surface area contributed by atoms with Crippen LogP contribution in [0.3, 0.4) is 0 Å². The monoisotopic (exact) mass is 461 g/mol. The summed E-state index contributed by atoms with van der Waals surface area (Å²) in [6.45, 7) is 1.61. The van der Waals surface area contributed by atoms with Gasteiger partial charge in [0.2, 0.25) is 11.9 Å². The first kappa shape index (κ1) is 23.4. The molecule has 1 amide bonds. The van der Waals surface area contributed by atoms with Crippen LogP contribution in [-0.4, -0.2) is 49.2 Å². The third-order valence-corrected chi connectivity index (χ3v) is 6.09. The zero-order chi connectivity index (χ0) is 23.9. The highest BCUT2D eigenvalue weighted by molar-refractivity contribution is 5.75. The van der Waals surface area contributed by atoms with Gasteiger partial charge in [0, 0.05) is 43.0 Å². The predicted octanol–water partition coefficient (Wildman–Crippen LogP) is 3.66. The average Bonchev–Trinajstić information content (AvgIpc) is 3.31. The number of hydrogen-bond acceptors (Lipinski definition) is 7. The van der Waals surface area contributed by atoms with Crippen molar-refractivity contribution in [2.75, 3.05) is 37.5 Å². The van der Waals surface area contributed by atoms with Gasteiger partial charge in [-0.25, -0.2) is 9.97 Å². The number of anilines is 2. The van der Waals surface area contributed by atoms with Crippen molar-refractivity contribution in [3.05, 3.63) is 60.3 Å². The lowest BCUT2D eigenvalue weighted by atomic mass is 10.1. The van der Waals surface area contributed by atoms with E-state index in [-0.39, 0.29) is 11.9 Å². The fourth-order valence-electron chi connectivity index (χ4n) is 4.42. The van der Waals surface area contributed by atoms with Crippen LogP contribution < -0.4 is 25.4 Å². The quantitative estimate of drug-likeness (QED) is 0.475. The summed E-state index contributed by atoms with van der Waals surface area (Å²) >= 11 is 0. The van der Waals surface area contributed by atoms with Gasteiger partial charge in [0.25, 0.3) is 0 Å². The number of nitrogens with zero attached hydrogens (tertiary/aromatic N) is 3. The molecular formula is C26H31N5O3. The number of amides is 1. The Morgan fingerprint density at radius 1 is 1.15 bits per heavy atom. The lowest BCUT2D eigenvalue weighted by Gasteiger charge is -2.26. The van der Waals surface area contributed by atoms with E-state index >= 15 is 0 Å².